The molecule has 0 saturated heterocycles. The summed E-state index contributed by atoms with van der Waals surface area (Å²) < 4.78 is 0. The predicted molar refractivity (Wildman–Crippen MR) is 39.5 cm³/mol. The number of nitrogens with one attached hydrogen (secondary N) is 1. The third-order valence-corrected chi connectivity index (χ3v) is 1.04. The van der Waals surface area contributed by atoms with Crippen LogP contribution in [0.3, 0.4) is 0 Å². The van der Waals surface area contributed by atoms with Crippen LogP contribution in [0.2, 0.25) is 0 Å². The normalized spacial score (nSPS) is 11.0. The first kappa shape index (κ1) is 16.6. The van der Waals surface area contributed by atoms with Crippen LogP contribution < -0.4 is 5.32 Å². The molecule has 0 spiro atoms. The van der Waals surface area contributed by atoms with E-state index in [1.807, 2.05) is 7.05 Å². The van der Waals surface area contributed by atoms with Gasteiger partial charge in [0.25, 0.3) is 0 Å². The molecule has 0 aromatic carbocycles. The SMILES string of the molecule is CC[CH-]C(C)NC.[CH3-].[Y]. The fraction of sp³-hybridized carbons (Fsp3) is 0.714. The Balaban J connectivity index is -0.000000180. The zero-order valence-electron chi connectivity index (χ0n) is 6.94. The van der Waals surface area contributed by atoms with Crippen LogP contribution in [0.5, 0.6) is 0 Å². The van der Waals surface area contributed by atoms with Gasteiger partial charge in [-0.05, 0) is 7.05 Å². The molecule has 0 aromatic heterocycles. The topological polar surface area (TPSA) is 12.0 Å². The molecule has 0 fully saturated rings. The molecule has 0 heterocycles. The molecule has 1 N–H and O–H groups in total. The summed E-state index contributed by atoms with van der Waals surface area (Å²) in [6, 6.07) is 0.574. The van der Waals surface area contributed by atoms with Crippen LogP contribution in [-0.4, -0.2) is 13.1 Å². The van der Waals surface area contributed by atoms with Gasteiger partial charge in [-0.15, -0.1) is 6.04 Å². The van der Waals surface area contributed by atoms with E-state index in [0.717, 1.165) is 6.42 Å². The Bertz CT molecular complexity index is 39.9. The standard InChI is InChI=1S/C6H14N.CH3.Y/c1-4-5-6(2)7-3;;/h5-7H,4H2,1-3H3;1H3;/q2*-1;. The van der Waals surface area contributed by atoms with E-state index in [1.54, 1.807) is 0 Å². The summed E-state index contributed by atoms with van der Waals surface area (Å²) in [4.78, 5) is 0. The molecule has 0 saturated carbocycles. The van der Waals surface area contributed by atoms with Gasteiger partial charge in [0.05, 0.1) is 0 Å². The summed E-state index contributed by atoms with van der Waals surface area (Å²) >= 11 is 0. The van der Waals surface area contributed by atoms with Crippen molar-refractivity contribution in [3.8, 4) is 0 Å². The van der Waals surface area contributed by atoms with Crippen molar-refractivity contribution in [1.82, 2.24) is 5.32 Å². The largest absolute Gasteiger partial charge is 0.358 e. The summed E-state index contributed by atoms with van der Waals surface area (Å²) in [6.07, 6.45) is 3.39. The zero-order chi connectivity index (χ0) is 5.70. The van der Waals surface area contributed by atoms with Gasteiger partial charge in [-0.2, -0.15) is 6.42 Å². The van der Waals surface area contributed by atoms with Crippen molar-refractivity contribution < 1.29 is 32.7 Å². The molecule has 0 aromatic rings. The third-order valence-electron chi connectivity index (χ3n) is 1.04. The maximum atomic E-state index is 3.11. The number of rotatable bonds is 3. The molecular formula is C7H17NY-2. The first-order valence-corrected chi connectivity index (χ1v) is 2.81. The minimum absolute atomic E-state index is 0. The van der Waals surface area contributed by atoms with Gasteiger partial charge in [0.15, 0.2) is 0 Å². The van der Waals surface area contributed by atoms with Gasteiger partial charge in [-0.1, -0.05) is 13.8 Å². The second kappa shape index (κ2) is 11.8. The monoisotopic (exact) mass is 204 g/mol. The minimum Gasteiger partial charge on any atom is -0.358 e. The molecule has 0 amide bonds. The van der Waals surface area contributed by atoms with Crippen LogP contribution in [0.1, 0.15) is 20.3 Å². The molecule has 1 radical (unpaired) electrons. The van der Waals surface area contributed by atoms with Crippen LogP contribution >= 0.6 is 0 Å². The molecular weight excluding hydrogens is 187 g/mol. The molecule has 55 valence electrons. The Hall–Kier alpha value is 1.06. The average Bonchev–Trinajstić information content (AvgIpc) is 1.68. The zero-order valence-corrected chi connectivity index (χ0v) is 9.78. The predicted octanol–water partition coefficient (Wildman–Crippen LogP) is 1.66. The van der Waals surface area contributed by atoms with E-state index in [1.165, 1.54) is 0 Å². The van der Waals surface area contributed by atoms with Crippen LogP contribution in [0.15, 0.2) is 0 Å². The molecule has 0 bridgehead atoms. The number of hydrogen-bond donors (Lipinski definition) is 1. The fourth-order valence-electron chi connectivity index (χ4n) is 0.471. The molecule has 1 nitrogen and oxygen atoms in total. The van der Waals surface area contributed by atoms with E-state index in [0.29, 0.717) is 6.04 Å². The van der Waals surface area contributed by atoms with Gasteiger partial charge in [0.2, 0.25) is 0 Å². The Morgan fingerprint density at radius 2 is 2.00 bits per heavy atom. The second-order valence-corrected chi connectivity index (χ2v) is 1.72. The van der Waals surface area contributed by atoms with Gasteiger partial charge in [0.1, 0.15) is 0 Å². The first-order chi connectivity index (χ1) is 3.31. The van der Waals surface area contributed by atoms with Gasteiger partial charge in [-0.3, -0.25) is 0 Å². The molecule has 9 heavy (non-hydrogen) atoms. The summed E-state index contributed by atoms with van der Waals surface area (Å²) in [5.74, 6) is 0. The van der Waals surface area contributed by atoms with Crippen molar-refractivity contribution in [2.75, 3.05) is 7.05 Å². The third kappa shape index (κ3) is 12.3. The fourth-order valence-corrected chi connectivity index (χ4v) is 0.471. The minimum atomic E-state index is 0. The summed E-state index contributed by atoms with van der Waals surface area (Å²) in [5.41, 5.74) is 0. The van der Waals surface area contributed by atoms with Crippen molar-refractivity contribution in [1.29, 1.82) is 0 Å². The van der Waals surface area contributed by atoms with Crippen molar-refractivity contribution in [2.24, 2.45) is 0 Å². The second-order valence-electron chi connectivity index (χ2n) is 1.72. The van der Waals surface area contributed by atoms with Crippen LogP contribution in [0, 0.1) is 13.8 Å². The molecule has 0 aliphatic rings. The Labute approximate surface area is 84.9 Å². The summed E-state index contributed by atoms with van der Waals surface area (Å²) in [6.45, 7) is 4.29. The van der Waals surface area contributed by atoms with Crippen molar-refractivity contribution >= 4 is 0 Å². The van der Waals surface area contributed by atoms with E-state index in [9.17, 15) is 0 Å². The van der Waals surface area contributed by atoms with Gasteiger partial charge < -0.3 is 19.2 Å². The van der Waals surface area contributed by atoms with E-state index in [-0.39, 0.29) is 40.1 Å². The van der Waals surface area contributed by atoms with Gasteiger partial charge >= 0.3 is 0 Å². The summed E-state index contributed by atoms with van der Waals surface area (Å²) in [5, 5.41) is 3.11. The van der Waals surface area contributed by atoms with Crippen molar-refractivity contribution in [3.05, 3.63) is 13.8 Å². The average molecular weight is 204 g/mol. The Morgan fingerprint density at radius 3 is 2.11 bits per heavy atom. The molecule has 1 unspecified atom stereocenters. The van der Waals surface area contributed by atoms with Crippen molar-refractivity contribution in [2.45, 2.75) is 26.3 Å². The van der Waals surface area contributed by atoms with E-state index in [4.69, 9.17) is 0 Å². The van der Waals surface area contributed by atoms with E-state index >= 15 is 0 Å². The number of hydrogen-bond acceptors (Lipinski definition) is 1. The molecule has 0 aliphatic heterocycles. The van der Waals surface area contributed by atoms with Gasteiger partial charge in [0, 0.05) is 32.7 Å². The van der Waals surface area contributed by atoms with Crippen LogP contribution in [0.25, 0.3) is 0 Å². The molecule has 1 atom stereocenters. The Morgan fingerprint density at radius 1 is 1.56 bits per heavy atom. The molecule has 0 aliphatic carbocycles. The summed E-state index contributed by atoms with van der Waals surface area (Å²) in [7, 11) is 1.97. The van der Waals surface area contributed by atoms with Crippen LogP contribution in [0.4, 0.5) is 0 Å². The first-order valence-electron chi connectivity index (χ1n) is 2.81. The smallest absolute Gasteiger partial charge is 0 e. The maximum Gasteiger partial charge on any atom is 0 e. The maximum absolute atomic E-state index is 3.11. The molecule has 0 rings (SSSR count). The molecule has 2 heteroatoms. The van der Waals surface area contributed by atoms with Crippen molar-refractivity contribution in [3.63, 3.8) is 0 Å². The van der Waals surface area contributed by atoms with Gasteiger partial charge in [-0.25, -0.2) is 0 Å². The van der Waals surface area contributed by atoms with E-state index in [2.05, 4.69) is 25.6 Å². The Kier molecular flexibility index (Phi) is 21.7. The van der Waals surface area contributed by atoms with E-state index < -0.39 is 0 Å². The van der Waals surface area contributed by atoms with Crippen LogP contribution in [-0.2, 0) is 32.7 Å². The quantitative estimate of drug-likeness (QED) is 0.689.